The first-order chi connectivity index (χ1) is 5.68. The second kappa shape index (κ2) is 2.17. The Hall–Kier alpha value is -1.64. The summed E-state index contributed by atoms with van der Waals surface area (Å²) in [6, 6.07) is 5.73. The number of fused-ring (bicyclic) bond motifs is 1. The second-order valence-electron chi connectivity index (χ2n) is 2.97. The molecule has 0 amide bonds. The molecule has 1 aromatic carbocycles. The highest BCUT2D eigenvalue weighted by molar-refractivity contribution is 5.93. The van der Waals surface area contributed by atoms with Crippen LogP contribution in [0.2, 0.25) is 0 Å². The molecule has 0 radical (unpaired) electrons. The van der Waals surface area contributed by atoms with Crippen LogP contribution in [0.1, 0.15) is 0 Å². The Labute approximate surface area is 70.6 Å². The van der Waals surface area contributed by atoms with Gasteiger partial charge in [-0.3, -0.25) is 0 Å². The Balaban J connectivity index is 2.90. The minimum absolute atomic E-state index is 0.767. The van der Waals surface area contributed by atoms with Crippen molar-refractivity contribution in [3.05, 3.63) is 24.4 Å². The van der Waals surface area contributed by atoms with Crippen molar-refractivity contribution < 1.29 is 0 Å². The summed E-state index contributed by atoms with van der Waals surface area (Å²) >= 11 is 0. The van der Waals surface area contributed by atoms with Crippen molar-refractivity contribution in [1.29, 1.82) is 0 Å². The highest BCUT2D eigenvalue weighted by atomic mass is 14.9. The van der Waals surface area contributed by atoms with Gasteiger partial charge in [-0.25, -0.2) is 0 Å². The van der Waals surface area contributed by atoms with Crippen molar-refractivity contribution in [2.75, 3.05) is 11.5 Å². The van der Waals surface area contributed by atoms with E-state index in [0.717, 1.165) is 22.3 Å². The van der Waals surface area contributed by atoms with Crippen LogP contribution in [0, 0.1) is 0 Å². The molecule has 2 aromatic rings. The van der Waals surface area contributed by atoms with E-state index < -0.39 is 0 Å². The summed E-state index contributed by atoms with van der Waals surface area (Å²) < 4.78 is 1.97. The molecule has 0 aliphatic heterocycles. The molecule has 62 valence electrons. The summed E-state index contributed by atoms with van der Waals surface area (Å²) in [5.74, 6) is 0. The van der Waals surface area contributed by atoms with Gasteiger partial charge in [0, 0.05) is 24.3 Å². The molecule has 1 heterocycles. The molecule has 3 heteroatoms. The van der Waals surface area contributed by atoms with E-state index in [1.54, 1.807) is 0 Å². The second-order valence-corrected chi connectivity index (χ2v) is 2.97. The minimum Gasteiger partial charge on any atom is -0.399 e. The van der Waals surface area contributed by atoms with Crippen molar-refractivity contribution in [2.45, 2.75) is 0 Å². The summed E-state index contributed by atoms with van der Waals surface area (Å²) in [5, 5.41) is 1.06. The summed E-state index contributed by atoms with van der Waals surface area (Å²) in [6.07, 6.45) is 1.89. The molecule has 3 nitrogen and oxygen atoms in total. The first-order valence-corrected chi connectivity index (χ1v) is 3.78. The number of nitrogens with zero attached hydrogens (tertiary/aromatic N) is 1. The Morgan fingerprint density at radius 3 is 2.75 bits per heavy atom. The Bertz CT molecular complexity index is 429. The van der Waals surface area contributed by atoms with Crippen LogP contribution < -0.4 is 11.5 Å². The van der Waals surface area contributed by atoms with E-state index in [4.69, 9.17) is 11.5 Å². The number of aromatic nitrogens is 1. The molecule has 4 N–H and O–H groups in total. The quantitative estimate of drug-likeness (QED) is 0.573. The maximum atomic E-state index is 5.77. The topological polar surface area (TPSA) is 57.0 Å². The van der Waals surface area contributed by atoms with E-state index in [1.807, 2.05) is 36.0 Å². The number of nitrogen functional groups attached to an aromatic ring is 2. The summed E-state index contributed by atoms with van der Waals surface area (Å²) in [4.78, 5) is 0. The van der Waals surface area contributed by atoms with Crippen molar-refractivity contribution in [3.8, 4) is 0 Å². The zero-order valence-electron chi connectivity index (χ0n) is 6.91. The molecule has 0 unspecified atom stereocenters. The molecule has 0 fully saturated rings. The molecule has 0 saturated carbocycles. The van der Waals surface area contributed by atoms with Crippen molar-refractivity contribution in [1.82, 2.24) is 4.57 Å². The van der Waals surface area contributed by atoms with Crippen molar-refractivity contribution >= 4 is 22.3 Å². The number of hydrogen-bond acceptors (Lipinski definition) is 2. The maximum absolute atomic E-state index is 5.77. The summed E-state index contributed by atoms with van der Waals surface area (Å²) in [7, 11) is 1.96. The Morgan fingerprint density at radius 2 is 2.00 bits per heavy atom. The van der Waals surface area contributed by atoms with E-state index in [-0.39, 0.29) is 0 Å². The minimum atomic E-state index is 0.767. The fraction of sp³-hybridized carbons (Fsp3) is 0.111. The van der Waals surface area contributed by atoms with E-state index >= 15 is 0 Å². The van der Waals surface area contributed by atoms with Crippen molar-refractivity contribution in [2.24, 2.45) is 7.05 Å². The van der Waals surface area contributed by atoms with Crippen LogP contribution in [-0.4, -0.2) is 4.57 Å². The van der Waals surface area contributed by atoms with Gasteiger partial charge in [0.15, 0.2) is 0 Å². The highest BCUT2D eigenvalue weighted by Gasteiger charge is 2.02. The molecule has 0 aliphatic rings. The maximum Gasteiger partial charge on any atom is 0.0573 e. The van der Waals surface area contributed by atoms with Crippen molar-refractivity contribution in [3.63, 3.8) is 0 Å². The lowest BCUT2D eigenvalue weighted by Gasteiger charge is -1.96. The number of nitrogens with two attached hydrogens (primary N) is 2. The summed E-state index contributed by atoms with van der Waals surface area (Å²) in [5.41, 5.74) is 14.1. The number of anilines is 2. The van der Waals surface area contributed by atoms with Gasteiger partial charge >= 0.3 is 0 Å². The fourth-order valence-electron chi connectivity index (χ4n) is 1.43. The molecule has 12 heavy (non-hydrogen) atoms. The van der Waals surface area contributed by atoms with Gasteiger partial charge < -0.3 is 16.0 Å². The zero-order chi connectivity index (χ0) is 8.72. The van der Waals surface area contributed by atoms with Crippen LogP contribution in [0.3, 0.4) is 0 Å². The smallest absolute Gasteiger partial charge is 0.0573 e. The molecule has 1 aromatic heterocycles. The lowest BCUT2D eigenvalue weighted by molar-refractivity contribution is 0.971. The van der Waals surface area contributed by atoms with Crippen LogP contribution in [0.4, 0.5) is 11.4 Å². The Morgan fingerprint density at radius 1 is 1.25 bits per heavy atom. The van der Waals surface area contributed by atoms with E-state index in [9.17, 15) is 0 Å². The fourth-order valence-corrected chi connectivity index (χ4v) is 1.43. The van der Waals surface area contributed by atoms with Gasteiger partial charge in [0.2, 0.25) is 0 Å². The molecule has 0 atom stereocenters. The van der Waals surface area contributed by atoms with Crippen LogP contribution in [0.15, 0.2) is 24.4 Å². The van der Waals surface area contributed by atoms with Crippen LogP contribution in [0.5, 0.6) is 0 Å². The molecular weight excluding hydrogens is 150 g/mol. The predicted octanol–water partition coefficient (Wildman–Crippen LogP) is 1.34. The number of rotatable bonds is 0. The van der Waals surface area contributed by atoms with Crippen LogP contribution in [-0.2, 0) is 7.05 Å². The van der Waals surface area contributed by atoms with Gasteiger partial charge in [-0.05, 0) is 18.2 Å². The van der Waals surface area contributed by atoms with Crippen LogP contribution >= 0.6 is 0 Å². The molecule has 2 rings (SSSR count). The lowest BCUT2D eigenvalue weighted by Crippen LogP contribution is -1.87. The third kappa shape index (κ3) is 0.830. The number of benzene rings is 1. The number of aryl methyl sites for hydroxylation is 1. The van der Waals surface area contributed by atoms with Gasteiger partial charge in [-0.15, -0.1) is 0 Å². The lowest BCUT2D eigenvalue weighted by atomic mass is 10.2. The molecule has 0 saturated heterocycles. The van der Waals surface area contributed by atoms with Gasteiger partial charge in [-0.2, -0.15) is 0 Å². The van der Waals surface area contributed by atoms with Gasteiger partial charge in [0.05, 0.1) is 11.2 Å². The molecular formula is C9H11N3. The largest absolute Gasteiger partial charge is 0.399 e. The standard InChI is InChI=1S/C9H11N3/c1-12-5-8(11)7-3-2-6(10)4-9(7)12/h2-5H,10-11H2,1H3. The average molecular weight is 161 g/mol. The molecule has 0 spiro atoms. The highest BCUT2D eigenvalue weighted by Crippen LogP contribution is 2.23. The normalized spacial score (nSPS) is 10.8. The number of hydrogen-bond donors (Lipinski definition) is 2. The SMILES string of the molecule is Cn1cc(N)c2ccc(N)cc21. The Kier molecular flexibility index (Phi) is 1.27. The molecule has 0 bridgehead atoms. The third-order valence-corrected chi connectivity index (χ3v) is 2.05. The monoisotopic (exact) mass is 161 g/mol. The van der Waals surface area contributed by atoms with Gasteiger partial charge in [0.1, 0.15) is 0 Å². The predicted molar refractivity (Wildman–Crippen MR) is 51.7 cm³/mol. The summed E-state index contributed by atoms with van der Waals surface area (Å²) in [6.45, 7) is 0. The first-order valence-electron chi connectivity index (χ1n) is 3.78. The third-order valence-electron chi connectivity index (χ3n) is 2.05. The van der Waals surface area contributed by atoms with E-state index in [1.165, 1.54) is 0 Å². The van der Waals surface area contributed by atoms with Gasteiger partial charge in [-0.1, -0.05) is 0 Å². The van der Waals surface area contributed by atoms with E-state index in [2.05, 4.69) is 0 Å². The van der Waals surface area contributed by atoms with Gasteiger partial charge in [0.25, 0.3) is 0 Å². The molecule has 0 aliphatic carbocycles. The van der Waals surface area contributed by atoms with E-state index in [0.29, 0.717) is 0 Å². The van der Waals surface area contributed by atoms with Crippen LogP contribution in [0.25, 0.3) is 10.9 Å². The zero-order valence-corrected chi connectivity index (χ0v) is 6.91. The average Bonchev–Trinajstić information content (AvgIpc) is 2.28. The first kappa shape index (κ1) is 7.03.